The summed E-state index contributed by atoms with van der Waals surface area (Å²) < 4.78 is 42.2. The molecule has 10 heteroatoms. The van der Waals surface area contributed by atoms with Gasteiger partial charge in [0, 0.05) is 45.6 Å². The molecule has 1 aromatic carbocycles. The molecule has 0 amide bonds. The number of guanidine groups is 1. The summed E-state index contributed by atoms with van der Waals surface area (Å²) in [6.45, 7) is 6.11. The Bertz CT molecular complexity index is 788. The summed E-state index contributed by atoms with van der Waals surface area (Å²) in [7, 11) is -1.50. The first kappa shape index (κ1) is 27.1. The van der Waals surface area contributed by atoms with Gasteiger partial charge >= 0.3 is 0 Å². The summed E-state index contributed by atoms with van der Waals surface area (Å²) in [4.78, 5) is 6.94. The van der Waals surface area contributed by atoms with Gasteiger partial charge in [0.2, 0.25) is 0 Å². The molecule has 0 atom stereocenters. The Morgan fingerprint density at radius 2 is 2.00 bits per heavy atom. The minimum atomic E-state index is -3.21. The lowest BCUT2D eigenvalue weighted by molar-refractivity contribution is 0.144. The summed E-state index contributed by atoms with van der Waals surface area (Å²) in [6.07, 6.45) is 3.64. The Hall–Kier alpha value is -0.980. The van der Waals surface area contributed by atoms with Crippen LogP contribution in [-0.2, 0) is 26.9 Å². The van der Waals surface area contributed by atoms with Crippen LogP contribution in [0.15, 0.2) is 23.2 Å². The molecule has 0 aliphatic heterocycles. The first-order valence-electron chi connectivity index (χ1n) is 10.0. The van der Waals surface area contributed by atoms with E-state index in [-0.39, 0.29) is 36.3 Å². The largest absolute Gasteiger partial charge is 0.383 e. The van der Waals surface area contributed by atoms with Gasteiger partial charge in [-0.25, -0.2) is 17.8 Å². The van der Waals surface area contributed by atoms with E-state index in [1.165, 1.54) is 37.3 Å². The van der Waals surface area contributed by atoms with Crippen LogP contribution in [0.4, 0.5) is 4.39 Å². The van der Waals surface area contributed by atoms with Crippen LogP contribution in [0.25, 0.3) is 0 Å². The quantitative estimate of drug-likeness (QED) is 0.233. The van der Waals surface area contributed by atoms with Gasteiger partial charge < -0.3 is 15.4 Å². The van der Waals surface area contributed by atoms with E-state index < -0.39 is 15.7 Å². The highest BCUT2D eigenvalue weighted by Gasteiger charge is 2.28. The van der Waals surface area contributed by atoms with Crippen molar-refractivity contribution in [2.45, 2.75) is 38.1 Å². The number of halogens is 2. The molecule has 1 aliphatic rings. The van der Waals surface area contributed by atoms with E-state index in [2.05, 4.69) is 20.5 Å². The lowest BCUT2D eigenvalue weighted by Crippen LogP contribution is -2.42. The summed E-state index contributed by atoms with van der Waals surface area (Å²) in [5.74, 6) is 0.103. The average Bonchev–Trinajstić information content (AvgIpc) is 3.48. The van der Waals surface area contributed by atoms with Crippen molar-refractivity contribution in [2.24, 2.45) is 4.99 Å². The van der Waals surface area contributed by atoms with Gasteiger partial charge in [0.1, 0.15) is 5.82 Å². The van der Waals surface area contributed by atoms with E-state index >= 15 is 0 Å². The number of methoxy groups -OCH3 is 1. The van der Waals surface area contributed by atoms with Gasteiger partial charge in [-0.05, 0) is 43.0 Å². The number of benzene rings is 1. The van der Waals surface area contributed by atoms with Crippen LogP contribution >= 0.6 is 24.0 Å². The first-order valence-corrected chi connectivity index (χ1v) is 12.1. The molecule has 0 saturated heterocycles. The second kappa shape index (κ2) is 13.4. The summed E-state index contributed by atoms with van der Waals surface area (Å²) in [6, 6.07) is 4.80. The Balaban J connectivity index is 0.00000450. The summed E-state index contributed by atoms with van der Waals surface area (Å²) >= 11 is 0. The smallest absolute Gasteiger partial charge is 0.191 e. The van der Waals surface area contributed by atoms with Crippen molar-refractivity contribution in [2.75, 3.05) is 46.2 Å². The monoisotopic (exact) mass is 556 g/mol. The zero-order chi connectivity index (χ0) is 21.3. The Kier molecular flexibility index (Phi) is 12.1. The van der Waals surface area contributed by atoms with Gasteiger partial charge in [-0.2, -0.15) is 0 Å². The number of hydrogen-bond donors (Lipinski definition) is 2. The molecule has 0 bridgehead atoms. The summed E-state index contributed by atoms with van der Waals surface area (Å²) in [5, 5.41) is 6.49. The van der Waals surface area contributed by atoms with Crippen LogP contribution in [0.2, 0.25) is 0 Å². The van der Waals surface area contributed by atoms with E-state index in [0.29, 0.717) is 36.3 Å². The molecule has 172 valence electrons. The number of nitrogens with zero attached hydrogens (tertiary/aromatic N) is 2. The molecule has 1 fully saturated rings. The Morgan fingerprint density at radius 1 is 1.27 bits per heavy atom. The molecular weight excluding hydrogens is 522 g/mol. The van der Waals surface area contributed by atoms with E-state index in [1.807, 2.05) is 6.92 Å². The predicted molar refractivity (Wildman–Crippen MR) is 130 cm³/mol. The molecule has 0 heterocycles. The van der Waals surface area contributed by atoms with Crippen molar-refractivity contribution in [3.8, 4) is 0 Å². The van der Waals surface area contributed by atoms with Crippen LogP contribution < -0.4 is 10.6 Å². The highest BCUT2D eigenvalue weighted by atomic mass is 127. The predicted octanol–water partition coefficient (Wildman–Crippen LogP) is 2.15. The Morgan fingerprint density at radius 3 is 2.60 bits per heavy atom. The minimum absolute atomic E-state index is 0. The third-order valence-electron chi connectivity index (χ3n) is 4.68. The topological polar surface area (TPSA) is 83.0 Å². The van der Waals surface area contributed by atoms with Crippen LogP contribution in [-0.4, -0.2) is 71.5 Å². The van der Waals surface area contributed by atoms with Crippen molar-refractivity contribution in [1.29, 1.82) is 0 Å². The molecule has 30 heavy (non-hydrogen) atoms. The maximum atomic E-state index is 13.7. The first-order chi connectivity index (χ1) is 13.8. The van der Waals surface area contributed by atoms with Crippen molar-refractivity contribution in [3.05, 3.63) is 35.1 Å². The number of aliphatic imine (C=N–C) groups is 1. The molecule has 1 saturated carbocycles. The number of hydrogen-bond acceptors (Lipinski definition) is 5. The van der Waals surface area contributed by atoms with Crippen LogP contribution in [0.5, 0.6) is 0 Å². The van der Waals surface area contributed by atoms with Crippen molar-refractivity contribution in [3.63, 3.8) is 0 Å². The fraction of sp³-hybridized carbons (Fsp3) is 0.650. The third-order valence-corrected chi connectivity index (χ3v) is 5.51. The number of nitrogens with one attached hydrogen (secondary N) is 2. The lowest BCUT2D eigenvalue weighted by atomic mass is 10.1. The molecule has 0 aromatic heterocycles. The van der Waals surface area contributed by atoms with E-state index in [9.17, 15) is 12.8 Å². The number of ether oxygens (including phenoxy) is 1. The SMILES string of the molecule is CCNC(=NCc1cc(F)ccc1CS(C)(=O)=O)NCCN(CCOC)C1CC1.I. The van der Waals surface area contributed by atoms with E-state index in [1.54, 1.807) is 7.11 Å². The molecule has 2 rings (SSSR count). The standard InChI is InChI=1S/C20H33FN4O3S.HI/c1-4-22-20(23-9-10-25(11-12-28-2)19-7-8-19)24-14-17-13-18(21)6-5-16(17)15-29(3,26)27;/h5-6,13,19H,4,7-12,14-15H2,1-3H3,(H2,22,23,24);1H. The number of sulfone groups is 1. The van der Waals surface area contributed by atoms with Crippen LogP contribution in [0.3, 0.4) is 0 Å². The molecule has 1 aliphatic carbocycles. The minimum Gasteiger partial charge on any atom is -0.383 e. The van der Waals surface area contributed by atoms with Gasteiger partial charge in [0.05, 0.1) is 18.9 Å². The van der Waals surface area contributed by atoms with Gasteiger partial charge in [-0.1, -0.05) is 6.07 Å². The van der Waals surface area contributed by atoms with Gasteiger partial charge in [0.25, 0.3) is 0 Å². The third kappa shape index (κ3) is 10.4. The van der Waals surface area contributed by atoms with Crippen molar-refractivity contribution < 1.29 is 17.5 Å². The zero-order valence-corrected chi connectivity index (χ0v) is 21.1. The molecule has 2 N–H and O–H groups in total. The lowest BCUT2D eigenvalue weighted by Gasteiger charge is -2.22. The van der Waals surface area contributed by atoms with E-state index in [0.717, 1.165) is 19.6 Å². The molecule has 0 spiro atoms. The molecule has 1 aromatic rings. The molecule has 7 nitrogen and oxygen atoms in total. The highest BCUT2D eigenvalue weighted by molar-refractivity contribution is 14.0. The van der Waals surface area contributed by atoms with Gasteiger partial charge in [-0.15, -0.1) is 24.0 Å². The fourth-order valence-electron chi connectivity index (χ4n) is 3.11. The van der Waals surface area contributed by atoms with Crippen LogP contribution in [0.1, 0.15) is 30.9 Å². The normalized spacial score (nSPS) is 14.5. The summed E-state index contributed by atoms with van der Waals surface area (Å²) in [5.41, 5.74) is 1.15. The molecule has 0 unspecified atom stereocenters. The zero-order valence-electron chi connectivity index (χ0n) is 18.0. The fourth-order valence-corrected chi connectivity index (χ4v) is 3.96. The van der Waals surface area contributed by atoms with Crippen molar-refractivity contribution in [1.82, 2.24) is 15.5 Å². The van der Waals surface area contributed by atoms with Gasteiger partial charge in [0.15, 0.2) is 15.8 Å². The van der Waals surface area contributed by atoms with Gasteiger partial charge in [-0.3, -0.25) is 4.90 Å². The maximum Gasteiger partial charge on any atom is 0.191 e. The maximum absolute atomic E-state index is 13.7. The van der Waals surface area contributed by atoms with Crippen LogP contribution in [0, 0.1) is 5.82 Å². The second-order valence-electron chi connectivity index (χ2n) is 7.37. The second-order valence-corrected chi connectivity index (χ2v) is 9.51. The number of rotatable bonds is 12. The molecule has 0 radical (unpaired) electrons. The van der Waals surface area contributed by atoms with Crippen molar-refractivity contribution >= 4 is 39.8 Å². The highest BCUT2D eigenvalue weighted by Crippen LogP contribution is 2.26. The molecular formula is C20H34FIN4O3S. The van der Waals surface area contributed by atoms with E-state index in [4.69, 9.17) is 4.74 Å². The Labute approximate surface area is 196 Å². The average molecular weight is 556 g/mol.